The number of nitrogens with two attached hydrogens (primary N) is 1. The Kier molecular flexibility index (Phi) is 4.72. The number of likely N-dealkylation sites (tertiary alicyclic amines) is 1. The van der Waals surface area contributed by atoms with E-state index >= 15 is 0 Å². The Morgan fingerprint density at radius 3 is 2.81 bits per heavy atom. The smallest absolute Gasteiger partial charge is 0.402 e. The molecule has 3 N–H and O–H groups in total. The molecule has 1 atom stereocenters. The van der Waals surface area contributed by atoms with Crippen LogP contribution in [0.1, 0.15) is 24.4 Å². The van der Waals surface area contributed by atoms with Crippen LogP contribution in [0.4, 0.5) is 4.79 Å². The average molecular weight is 223 g/mol. The number of carboxylic acid groups (broad SMARTS) is 1. The molecule has 2 heterocycles. The molecule has 0 radical (unpaired) electrons. The van der Waals surface area contributed by atoms with E-state index in [1.54, 1.807) is 0 Å². The Labute approximate surface area is 94.9 Å². The van der Waals surface area contributed by atoms with E-state index in [-0.39, 0.29) is 0 Å². The number of rotatable bonds is 1. The van der Waals surface area contributed by atoms with Crippen molar-refractivity contribution in [2.45, 2.75) is 18.9 Å². The van der Waals surface area contributed by atoms with Crippen LogP contribution >= 0.6 is 0 Å². The molecule has 0 saturated carbocycles. The largest absolute Gasteiger partial charge is 0.465 e. The van der Waals surface area contributed by atoms with Gasteiger partial charge >= 0.3 is 6.09 Å². The second kappa shape index (κ2) is 6.07. The molecule has 0 aliphatic carbocycles. The van der Waals surface area contributed by atoms with Crippen molar-refractivity contribution in [3.05, 3.63) is 30.1 Å². The first kappa shape index (κ1) is 12.4. The van der Waals surface area contributed by atoms with Crippen LogP contribution in [-0.2, 0) is 0 Å². The number of carbonyl (C=O) groups is 1. The molecule has 2 rings (SSSR count). The normalized spacial score (nSPS) is 19.9. The highest BCUT2D eigenvalue weighted by Crippen LogP contribution is 2.29. The molecular formula is C11H17N3O2. The lowest BCUT2D eigenvalue weighted by Gasteiger charge is -2.18. The number of hydrogen-bond acceptors (Lipinski definition) is 3. The highest BCUT2D eigenvalue weighted by molar-refractivity contribution is 5.61. The predicted octanol–water partition coefficient (Wildman–Crippen LogP) is 1.47. The monoisotopic (exact) mass is 223 g/mol. The average Bonchev–Trinajstić information content (AvgIpc) is 2.65. The predicted molar refractivity (Wildman–Crippen MR) is 61.1 cm³/mol. The first-order chi connectivity index (χ1) is 7.61. The lowest BCUT2D eigenvalue weighted by molar-refractivity contribution is 0.205. The fourth-order valence-electron chi connectivity index (χ4n) is 1.90. The van der Waals surface area contributed by atoms with E-state index < -0.39 is 6.09 Å². The molecule has 1 amide bonds. The zero-order valence-electron chi connectivity index (χ0n) is 9.34. The Balaban J connectivity index is 0.000000280. The Bertz CT molecular complexity index is 325. The molecule has 88 valence electrons. The third-order valence-electron chi connectivity index (χ3n) is 2.59. The summed E-state index contributed by atoms with van der Waals surface area (Å²) in [6.07, 6.45) is 5.07. The van der Waals surface area contributed by atoms with Gasteiger partial charge < -0.3 is 10.8 Å². The molecule has 16 heavy (non-hydrogen) atoms. The number of nitrogens with zero attached hydrogens (tertiary/aromatic N) is 2. The first-order valence-corrected chi connectivity index (χ1v) is 5.20. The molecule has 5 nitrogen and oxygen atoms in total. The van der Waals surface area contributed by atoms with E-state index in [0.717, 1.165) is 0 Å². The number of aromatic nitrogens is 1. The SMILES string of the molecule is CN1CCCC1c1cccnc1.NC(=O)O. The minimum absolute atomic E-state index is 0.610. The molecule has 0 bridgehead atoms. The second-order valence-electron chi connectivity index (χ2n) is 3.76. The Morgan fingerprint density at radius 1 is 1.69 bits per heavy atom. The van der Waals surface area contributed by atoms with E-state index in [1.807, 2.05) is 18.5 Å². The highest BCUT2D eigenvalue weighted by Gasteiger charge is 2.21. The van der Waals surface area contributed by atoms with Gasteiger partial charge in [0.2, 0.25) is 0 Å². The molecule has 5 heteroatoms. The van der Waals surface area contributed by atoms with Gasteiger partial charge in [-0.1, -0.05) is 6.07 Å². The van der Waals surface area contributed by atoms with Crippen molar-refractivity contribution in [3.8, 4) is 0 Å². The molecule has 1 aliphatic heterocycles. The molecule has 1 unspecified atom stereocenters. The van der Waals surface area contributed by atoms with Gasteiger partial charge in [-0.15, -0.1) is 0 Å². The zero-order valence-corrected chi connectivity index (χ0v) is 9.34. The Hall–Kier alpha value is -1.62. The van der Waals surface area contributed by atoms with E-state index in [4.69, 9.17) is 9.90 Å². The second-order valence-corrected chi connectivity index (χ2v) is 3.76. The number of amides is 1. The summed E-state index contributed by atoms with van der Waals surface area (Å²) in [4.78, 5) is 15.3. The van der Waals surface area contributed by atoms with Crippen molar-refractivity contribution in [2.75, 3.05) is 13.6 Å². The van der Waals surface area contributed by atoms with Crippen molar-refractivity contribution < 1.29 is 9.90 Å². The number of pyridine rings is 1. The summed E-state index contributed by atoms with van der Waals surface area (Å²) < 4.78 is 0. The standard InChI is InChI=1S/C10H14N2.CH3NO2/c1-12-7-3-5-10(12)9-4-2-6-11-8-9;2-1(3)4/h2,4,6,8,10H,3,5,7H2,1H3;2H2,(H,3,4). The highest BCUT2D eigenvalue weighted by atomic mass is 16.4. The fraction of sp³-hybridized carbons (Fsp3) is 0.455. The van der Waals surface area contributed by atoms with Gasteiger partial charge in [0.15, 0.2) is 0 Å². The van der Waals surface area contributed by atoms with Gasteiger partial charge in [0, 0.05) is 18.4 Å². The molecule has 0 spiro atoms. The summed E-state index contributed by atoms with van der Waals surface area (Å²) in [5.41, 5.74) is 5.39. The quantitative estimate of drug-likeness (QED) is 0.755. The van der Waals surface area contributed by atoms with Crippen LogP contribution in [0.5, 0.6) is 0 Å². The topological polar surface area (TPSA) is 79.5 Å². The van der Waals surface area contributed by atoms with E-state index in [2.05, 4.69) is 28.7 Å². The summed E-state index contributed by atoms with van der Waals surface area (Å²) in [6, 6.07) is 4.79. The van der Waals surface area contributed by atoms with Gasteiger partial charge in [-0.3, -0.25) is 9.88 Å². The third kappa shape index (κ3) is 3.86. The molecule has 1 fully saturated rings. The molecule has 1 saturated heterocycles. The number of primary amides is 1. The molecule has 0 aromatic carbocycles. The van der Waals surface area contributed by atoms with Gasteiger partial charge in [0.1, 0.15) is 0 Å². The molecule has 1 aromatic heterocycles. The summed E-state index contributed by atoms with van der Waals surface area (Å²) in [7, 11) is 2.19. The third-order valence-corrected chi connectivity index (χ3v) is 2.59. The van der Waals surface area contributed by atoms with Crippen LogP contribution in [-0.4, -0.2) is 34.7 Å². The van der Waals surface area contributed by atoms with Crippen LogP contribution in [0.2, 0.25) is 0 Å². The van der Waals surface area contributed by atoms with Gasteiger partial charge in [-0.25, -0.2) is 4.79 Å². The minimum Gasteiger partial charge on any atom is -0.465 e. The van der Waals surface area contributed by atoms with Crippen LogP contribution in [0, 0.1) is 0 Å². The van der Waals surface area contributed by atoms with Crippen molar-refractivity contribution in [2.24, 2.45) is 5.73 Å². The summed E-state index contributed by atoms with van der Waals surface area (Å²) in [5, 5.41) is 7.19. The molecule has 1 aromatic rings. The van der Waals surface area contributed by atoms with Crippen molar-refractivity contribution in [1.82, 2.24) is 9.88 Å². The van der Waals surface area contributed by atoms with Gasteiger partial charge in [0.05, 0.1) is 0 Å². The maximum Gasteiger partial charge on any atom is 0.402 e. The molecular weight excluding hydrogens is 206 g/mol. The van der Waals surface area contributed by atoms with Crippen molar-refractivity contribution in [3.63, 3.8) is 0 Å². The lowest BCUT2D eigenvalue weighted by Crippen LogP contribution is -2.17. The lowest BCUT2D eigenvalue weighted by atomic mass is 10.1. The van der Waals surface area contributed by atoms with Crippen LogP contribution in [0.25, 0.3) is 0 Å². The van der Waals surface area contributed by atoms with Gasteiger partial charge in [-0.05, 0) is 38.1 Å². The summed E-state index contributed by atoms with van der Waals surface area (Å²) in [6.45, 7) is 1.22. The first-order valence-electron chi connectivity index (χ1n) is 5.20. The van der Waals surface area contributed by atoms with Crippen LogP contribution < -0.4 is 5.73 Å². The molecule has 1 aliphatic rings. The van der Waals surface area contributed by atoms with Crippen LogP contribution in [0.15, 0.2) is 24.5 Å². The van der Waals surface area contributed by atoms with Crippen LogP contribution in [0.3, 0.4) is 0 Å². The zero-order chi connectivity index (χ0) is 12.0. The fourth-order valence-corrected chi connectivity index (χ4v) is 1.90. The number of hydrogen-bond donors (Lipinski definition) is 2. The van der Waals surface area contributed by atoms with E-state index in [9.17, 15) is 0 Å². The Morgan fingerprint density at radius 2 is 2.38 bits per heavy atom. The van der Waals surface area contributed by atoms with Crippen molar-refractivity contribution in [1.29, 1.82) is 0 Å². The van der Waals surface area contributed by atoms with Gasteiger partial charge in [0.25, 0.3) is 0 Å². The summed E-state index contributed by atoms with van der Waals surface area (Å²) >= 11 is 0. The van der Waals surface area contributed by atoms with Crippen molar-refractivity contribution >= 4 is 6.09 Å². The maximum absolute atomic E-state index is 8.78. The van der Waals surface area contributed by atoms with Gasteiger partial charge in [-0.2, -0.15) is 0 Å². The minimum atomic E-state index is -1.33. The summed E-state index contributed by atoms with van der Waals surface area (Å²) in [5.74, 6) is 0. The van der Waals surface area contributed by atoms with E-state index in [1.165, 1.54) is 24.9 Å². The maximum atomic E-state index is 8.78. The van der Waals surface area contributed by atoms with E-state index in [0.29, 0.717) is 6.04 Å².